The molecule has 0 radical (unpaired) electrons. The van der Waals surface area contributed by atoms with Gasteiger partial charge in [0.1, 0.15) is 10.7 Å². The number of benzene rings is 2. The van der Waals surface area contributed by atoms with Crippen molar-refractivity contribution < 1.29 is 22.4 Å². The molecule has 1 heterocycles. The lowest BCUT2D eigenvalue weighted by atomic mass is 10.0. The van der Waals surface area contributed by atoms with Crippen LogP contribution in [-0.4, -0.2) is 20.2 Å². The van der Waals surface area contributed by atoms with Gasteiger partial charge in [0.15, 0.2) is 0 Å². The third kappa shape index (κ3) is 3.58. The topological polar surface area (TPSA) is 104 Å². The van der Waals surface area contributed by atoms with Gasteiger partial charge in [-0.2, -0.15) is 0 Å². The average Bonchev–Trinajstić information content (AvgIpc) is 2.59. The van der Waals surface area contributed by atoms with Crippen LogP contribution >= 0.6 is 0 Å². The normalized spacial score (nSPS) is 13.7. The Bertz CT molecular complexity index is 1010. The van der Waals surface area contributed by atoms with Gasteiger partial charge in [0.05, 0.1) is 0 Å². The number of amides is 2. The zero-order valence-electron chi connectivity index (χ0n) is 13.8. The van der Waals surface area contributed by atoms with Gasteiger partial charge in [-0.1, -0.05) is 18.2 Å². The van der Waals surface area contributed by atoms with Crippen molar-refractivity contribution in [2.75, 3.05) is 5.32 Å². The van der Waals surface area contributed by atoms with Crippen LogP contribution in [-0.2, 0) is 21.2 Å². The van der Waals surface area contributed by atoms with Crippen LogP contribution < -0.4 is 15.6 Å². The Labute approximate surface area is 149 Å². The summed E-state index contributed by atoms with van der Waals surface area (Å²) in [6.07, 6.45) is 0.495. The number of hydrogen-bond acceptors (Lipinski definition) is 4. The highest BCUT2D eigenvalue weighted by Crippen LogP contribution is 2.27. The molecule has 9 heteroatoms. The van der Waals surface area contributed by atoms with Crippen molar-refractivity contribution in [3.05, 3.63) is 58.9 Å². The fourth-order valence-corrected chi connectivity index (χ4v) is 3.60. The summed E-state index contributed by atoms with van der Waals surface area (Å²) in [5.41, 5.74) is 3.80. The first kappa shape index (κ1) is 18.0. The molecular weight excluding hydrogens is 361 g/mol. The Kier molecular flexibility index (Phi) is 4.75. The van der Waals surface area contributed by atoms with Crippen LogP contribution in [0.4, 0.5) is 10.1 Å². The fourth-order valence-electron chi connectivity index (χ4n) is 2.65. The molecule has 136 valence electrons. The Hall–Kier alpha value is -2.78. The van der Waals surface area contributed by atoms with Gasteiger partial charge < -0.3 is 5.32 Å². The zero-order valence-corrected chi connectivity index (χ0v) is 14.6. The number of carbonyl (C=O) groups excluding carboxylic acids is 2. The number of hydrazine groups is 1. The lowest BCUT2D eigenvalue weighted by Gasteiger charge is -2.18. The molecule has 1 aliphatic heterocycles. The summed E-state index contributed by atoms with van der Waals surface area (Å²) in [5, 5.41) is 2.49. The van der Waals surface area contributed by atoms with E-state index in [4.69, 9.17) is 0 Å². The van der Waals surface area contributed by atoms with Crippen molar-refractivity contribution in [2.45, 2.75) is 24.7 Å². The number of halogens is 1. The van der Waals surface area contributed by atoms with Crippen molar-refractivity contribution in [3.63, 3.8) is 0 Å². The summed E-state index contributed by atoms with van der Waals surface area (Å²) in [5.74, 6) is -1.93. The summed E-state index contributed by atoms with van der Waals surface area (Å²) >= 11 is 0. The predicted octanol–water partition coefficient (Wildman–Crippen LogP) is 1.64. The molecule has 3 rings (SSSR count). The van der Waals surface area contributed by atoms with Crippen LogP contribution in [0.1, 0.15) is 27.9 Å². The summed E-state index contributed by atoms with van der Waals surface area (Å²) < 4.78 is 39.0. The highest BCUT2D eigenvalue weighted by molar-refractivity contribution is 7.89. The first-order chi connectivity index (χ1) is 12.3. The van der Waals surface area contributed by atoms with E-state index in [1.165, 1.54) is 0 Å². The monoisotopic (exact) mass is 377 g/mol. The van der Waals surface area contributed by atoms with Crippen LogP contribution in [0.25, 0.3) is 0 Å². The maximum Gasteiger partial charge on any atom is 0.266 e. The summed E-state index contributed by atoms with van der Waals surface area (Å²) in [6.45, 7) is 1.71. The third-order valence-electron chi connectivity index (χ3n) is 4.03. The summed E-state index contributed by atoms with van der Waals surface area (Å²) in [7, 11) is -4.32. The number of aryl methyl sites for hydroxylation is 2. The molecule has 0 atom stereocenters. The van der Waals surface area contributed by atoms with E-state index < -0.39 is 26.6 Å². The van der Waals surface area contributed by atoms with Crippen molar-refractivity contribution >= 4 is 27.5 Å². The molecule has 1 aliphatic rings. The molecule has 3 N–H and O–H groups in total. The minimum absolute atomic E-state index is 0.190. The minimum Gasteiger partial charge on any atom is -0.326 e. The highest BCUT2D eigenvalue weighted by atomic mass is 32.2. The van der Waals surface area contributed by atoms with Gasteiger partial charge in [0.2, 0.25) is 5.91 Å². The van der Waals surface area contributed by atoms with Crippen molar-refractivity contribution in [2.24, 2.45) is 0 Å². The molecule has 0 aliphatic carbocycles. The van der Waals surface area contributed by atoms with E-state index in [0.717, 1.165) is 12.1 Å². The van der Waals surface area contributed by atoms with E-state index in [2.05, 4.69) is 10.7 Å². The van der Waals surface area contributed by atoms with Gasteiger partial charge in [0, 0.05) is 17.7 Å². The summed E-state index contributed by atoms with van der Waals surface area (Å²) in [6, 6.07) is 8.77. The van der Waals surface area contributed by atoms with E-state index in [9.17, 15) is 22.4 Å². The molecule has 0 saturated heterocycles. The quantitative estimate of drug-likeness (QED) is 0.705. The van der Waals surface area contributed by atoms with Gasteiger partial charge in [-0.3, -0.25) is 15.0 Å². The highest BCUT2D eigenvalue weighted by Gasteiger charge is 2.25. The standard InChI is InChI=1S/C17H16FN3O4S/c1-10-4-2-3-5-12(10)17(23)20-21-26(24,25)15-8-11-6-7-16(22)19-14(11)9-13(15)18/h2-5,8-9,21H,6-7H2,1H3,(H,19,22)(H,20,23). The van der Waals surface area contributed by atoms with Gasteiger partial charge in [-0.25, -0.2) is 12.8 Å². The number of anilines is 1. The molecule has 0 bridgehead atoms. The van der Waals surface area contributed by atoms with Gasteiger partial charge in [0.25, 0.3) is 15.9 Å². The van der Waals surface area contributed by atoms with E-state index in [1.807, 2.05) is 4.83 Å². The second-order valence-electron chi connectivity index (χ2n) is 5.86. The number of rotatable bonds is 4. The van der Waals surface area contributed by atoms with E-state index in [1.54, 1.807) is 31.2 Å². The lowest BCUT2D eigenvalue weighted by molar-refractivity contribution is -0.116. The third-order valence-corrected chi connectivity index (χ3v) is 5.29. The number of nitrogens with one attached hydrogen (secondary N) is 3. The fraction of sp³-hybridized carbons (Fsp3) is 0.176. The van der Waals surface area contributed by atoms with Gasteiger partial charge >= 0.3 is 0 Å². The zero-order chi connectivity index (χ0) is 18.9. The van der Waals surface area contributed by atoms with Crippen LogP contribution in [0.15, 0.2) is 41.3 Å². The van der Waals surface area contributed by atoms with Crippen molar-refractivity contribution in [1.82, 2.24) is 10.3 Å². The second kappa shape index (κ2) is 6.85. The van der Waals surface area contributed by atoms with Crippen molar-refractivity contribution in [3.8, 4) is 0 Å². The molecule has 0 aromatic heterocycles. The molecule has 0 saturated carbocycles. The molecule has 0 fully saturated rings. The molecule has 2 aromatic carbocycles. The molecule has 7 nitrogen and oxygen atoms in total. The van der Waals surface area contributed by atoms with Gasteiger partial charge in [-0.05, 0) is 42.7 Å². The molecular formula is C17H16FN3O4S. The first-order valence-corrected chi connectivity index (χ1v) is 9.26. The Balaban J connectivity index is 1.82. The molecule has 2 amide bonds. The van der Waals surface area contributed by atoms with Crippen LogP contribution in [0, 0.1) is 12.7 Å². The Morgan fingerprint density at radius 1 is 1.19 bits per heavy atom. The van der Waals surface area contributed by atoms with E-state index >= 15 is 0 Å². The SMILES string of the molecule is Cc1ccccc1C(=O)NNS(=O)(=O)c1cc2c(cc1F)NC(=O)CC2. The average molecular weight is 377 g/mol. The molecule has 0 unspecified atom stereocenters. The van der Waals surface area contributed by atoms with E-state index in [-0.39, 0.29) is 18.0 Å². The maximum absolute atomic E-state index is 14.2. The largest absolute Gasteiger partial charge is 0.326 e. The molecule has 0 spiro atoms. The van der Waals surface area contributed by atoms with Crippen molar-refractivity contribution in [1.29, 1.82) is 0 Å². The maximum atomic E-state index is 14.2. The first-order valence-electron chi connectivity index (χ1n) is 7.78. The predicted molar refractivity (Wildman–Crippen MR) is 92.3 cm³/mol. The van der Waals surface area contributed by atoms with Gasteiger partial charge in [-0.15, -0.1) is 4.83 Å². The number of fused-ring (bicyclic) bond motifs is 1. The Morgan fingerprint density at radius 2 is 1.92 bits per heavy atom. The lowest BCUT2D eigenvalue weighted by Crippen LogP contribution is -2.42. The number of carbonyl (C=O) groups is 2. The smallest absolute Gasteiger partial charge is 0.266 e. The second-order valence-corrected chi connectivity index (χ2v) is 7.51. The molecule has 26 heavy (non-hydrogen) atoms. The summed E-state index contributed by atoms with van der Waals surface area (Å²) in [4.78, 5) is 24.8. The molecule has 2 aromatic rings. The Morgan fingerprint density at radius 3 is 2.65 bits per heavy atom. The number of sulfonamides is 1. The number of hydrogen-bond donors (Lipinski definition) is 3. The minimum atomic E-state index is -4.32. The van der Waals surface area contributed by atoms with E-state index in [0.29, 0.717) is 23.1 Å². The van der Waals surface area contributed by atoms with Crippen LogP contribution in [0.2, 0.25) is 0 Å². The van der Waals surface area contributed by atoms with Crippen LogP contribution in [0.5, 0.6) is 0 Å². The van der Waals surface area contributed by atoms with Crippen LogP contribution in [0.3, 0.4) is 0 Å².